The van der Waals surface area contributed by atoms with E-state index < -0.39 is 11.7 Å². The minimum atomic E-state index is -0.507. The average molecular weight is 277 g/mol. The van der Waals surface area contributed by atoms with Crippen LogP contribution in [0.2, 0.25) is 0 Å². The molecule has 3 nitrogen and oxygen atoms in total. The number of benzene rings is 1. The van der Waals surface area contributed by atoms with Crippen LogP contribution in [-0.4, -0.2) is 34.7 Å². The van der Waals surface area contributed by atoms with Gasteiger partial charge in [0.2, 0.25) is 0 Å². The Morgan fingerprint density at radius 3 is 2.35 bits per heavy atom. The smallest absolute Gasteiger partial charge is 0.128 e. The van der Waals surface area contributed by atoms with Crippen LogP contribution in [0.3, 0.4) is 0 Å². The summed E-state index contributed by atoms with van der Waals surface area (Å²) >= 11 is 0. The minimum absolute atomic E-state index is 0.0220. The Morgan fingerprint density at radius 1 is 1.20 bits per heavy atom. The van der Waals surface area contributed by atoms with Gasteiger partial charge in [-0.2, -0.15) is 0 Å². The molecule has 0 fully saturated rings. The van der Waals surface area contributed by atoms with Gasteiger partial charge in [0.1, 0.15) is 17.5 Å². The SMILES string of the molecule is CCN(CC)C1C(O)c2cc(C)cc(C)c2OC1(C)C. The lowest BCUT2D eigenvalue weighted by Gasteiger charge is -2.48. The number of hydrogen-bond donors (Lipinski definition) is 1. The van der Waals surface area contributed by atoms with Crippen LogP contribution in [0.15, 0.2) is 12.1 Å². The van der Waals surface area contributed by atoms with E-state index in [4.69, 9.17) is 4.74 Å². The van der Waals surface area contributed by atoms with Gasteiger partial charge in [-0.15, -0.1) is 0 Å². The first kappa shape index (κ1) is 15.3. The van der Waals surface area contributed by atoms with E-state index in [0.29, 0.717) is 0 Å². The maximum atomic E-state index is 10.9. The van der Waals surface area contributed by atoms with Gasteiger partial charge >= 0.3 is 0 Å². The van der Waals surface area contributed by atoms with E-state index in [2.05, 4.69) is 51.7 Å². The molecule has 0 saturated carbocycles. The highest BCUT2D eigenvalue weighted by Crippen LogP contribution is 2.44. The topological polar surface area (TPSA) is 32.7 Å². The van der Waals surface area contributed by atoms with Crippen molar-refractivity contribution in [2.45, 2.75) is 59.3 Å². The third-order valence-corrected chi connectivity index (χ3v) is 4.35. The Hall–Kier alpha value is -1.06. The first-order valence-electron chi connectivity index (χ1n) is 7.54. The Morgan fingerprint density at radius 2 is 1.80 bits per heavy atom. The van der Waals surface area contributed by atoms with Crippen LogP contribution in [0.4, 0.5) is 0 Å². The highest BCUT2D eigenvalue weighted by Gasteiger charge is 2.46. The fraction of sp³-hybridized carbons (Fsp3) is 0.647. The fourth-order valence-electron chi connectivity index (χ4n) is 3.48. The van der Waals surface area contributed by atoms with E-state index >= 15 is 0 Å². The summed E-state index contributed by atoms with van der Waals surface area (Å²) in [7, 11) is 0. The molecular weight excluding hydrogens is 250 g/mol. The lowest BCUT2D eigenvalue weighted by Crippen LogP contribution is -2.58. The van der Waals surface area contributed by atoms with Gasteiger partial charge in [0.25, 0.3) is 0 Å². The zero-order valence-corrected chi connectivity index (χ0v) is 13.5. The van der Waals surface area contributed by atoms with E-state index in [1.54, 1.807) is 0 Å². The Balaban J connectivity index is 2.53. The number of likely N-dealkylation sites (N-methyl/N-ethyl adjacent to an activating group) is 1. The highest BCUT2D eigenvalue weighted by atomic mass is 16.5. The Bertz CT molecular complexity index is 492. The Labute approximate surface area is 122 Å². The third kappa shape index (κ3) is 2.45. The van der Waals surface area contributed by atoms with Crippen LogP contribution in [-0.2, 0) is 0 Å². The monoisotopic (exact) mass is 277 g/mol. The number of rotatable bonds is 3. The summed E-state index contributed by atoms with van der Waals surface area (Å²) in [5.74, 6) is 0.858. The number of fused-ring (bicyclic) bond motifs is 1. The summed E-state index contributed by atoms with van der Waals surface area (Å²) < 4.78 is 6.27. The van der Waals surface area contributed by atoms with Crippen LogP contribution in [0.5, 0.6) is 5.75 Å². The number of hydrogen-bond acceptors (Lipinski definition) is 3. The molecule has 1 aliphatic rings. The van der Waals surface area contributed by atoms with Crippen LogP contribution < -0.4 is 4.74 Å². The van der Waals surface area contributed by atoms with E-state index in [1.165, 1.54) is 5.56 Å². The van der Waals surface area contributed by atoms with Crippen molar-refractivity contribution in [3.05, 3.63) is 28.8 Å². The van der Waals surface area contributed by atoms with Gasteiger partial charge in [0.15, 0.2) is 0 Å². The van der Waals surface area contributed by atoms with E-state index in [1.807, 2.05) is 6.92 Å². The van der Waals surface area contributed by atoms with Gasteiger partial charge in [-0.25, -0.2) is 0 Å². The summed E-state index contributed by atoms with van der Waals surface area (Å²) in [5.41, 5.74) is 2.80. The first-order chi connectivity index (χ1) is 9.31. The number of ether oxygens (including phenoxy) is 1. The highest BCUT2D eigenvalue weighted by molar-refractivity contribution is 5.48. The maximum Gasteiger partial charge on any atom is 0.128 e. The van der Waals surface area contributed by atoms with E-state index in [-0.39, 0.29) is 6.04 Å². The molecule has 0 saturated heterocycles. The van der Waals surface area contributed by atoms with Crippen molar-refractivity contribution in [1.29, 1.82) is 0 Å². The molecule has 0 amide bonds. The molecule has 0 aromatic heterocycles. The lowest BCUT2D eigenvalue weighted by atomic mass is 9.83. The third-order valence-electron chi connectivity index (χ3n) is 4.35. The van der Waals surface area contributed by atoms with Crippen molar-refractivity contribution < 1.29 is 9.84 Å². The van der Waals surface area contributed by atoms with Crippen LogP contribution in [0.25, 0.3) is 0 Å². The van der Waals surface area contributed by atoms with Crippen molar-refractivity contribution in [1.82, 2.24) is 4.90 Å². The molecule has 1 heterocycles. The molecule has 112 valence electrons. The summed E-state index contributed by atoms with van der Waals surface area (Å²) in [6.45, 7) is 14.3. The number of nitrogens with zero attached hydrogens (tertiary/aromatic N) is 1. The predicted molar refractivity (Wildman–Crippen MR) is 82.3 cm³/mol. The second-order valence-electron chi connectivity index (χ2n) is 6.32. The molecule has 2 rings (SSSR count). The van der Waals surface area contributed by atoms with Gasteiger partial charge in [-0.3, -0.25) is 4.90 Å². The standard InChI is InChI=1S/C17H27NO2/c1-7-18(8-2)16-14(19)13-10-11(3)9-12(4)15(13)20-17(16,5)6/h9-10,14,16,19H,7-8H2,1-6H3. The first-order valence-corrected chi connectivity index (χ1v) is 7.54. The number of aliphatic hydroxyl groups excluding tert-OH is 1. The van der Waals surface area contributed by atoms with Gasteiger partial charge < -0.3 is 9.84 Å². The Kier molecular flexibility index (Phi) is 4.12. The van der Waals surface area contributed by atoms with Gasteiger partial charge in [0, 0.05) is 5.56 Å². The summed E-state index contributed by atoms with van der Waals surface area (Å²) in [6.07, 6.45) is -0.507. The van der Waals surface area contributed by atoms with E-state index in [0.717, 1.165) is 30.0 Å². The second-order valence-corrected chi connectivity index (χ2v) is 6.32. The molecule has 0 bridgehead atoms. The van der Waals surface area contributed by atoms with Crippen LogP contribution in [0, 0.1) is 13.8 Å². The quantitative estimate of drug-likeness (QED) is 0.921. The predicted octanol–water partition coefficient (Wildman–Crippen LogP) is 3.22. The zero-order valence-electron chi connectivity index (χ0n) is 13.5. The molecule has 0 radical (unpaired) electrons. The molecule has 3 heteroatoms. The molecule has 1 N–H and O–H groups in total. The van der Waals surface area contributed by atoms with Crippen LogP contribution >= 0.6 is 0 Å². The molecule has 1 aliphatic heterocycles. The molecule has 2 unspecified atom stereocenters. The molecular formula is C17H27NO2. The largest absolute Gasteiger partial charge is 0.485 e. The average Bonchev–Trinajstić information content (AvgIpc) is 2.36. The van der Waals surface area contributed by atoms with Gasteiger partial charge in [0.05, 0.1) is 6.04 Å². The molecule has 20 heavy (non-hydrogen) atoms. The van der Waals surface area contributed by atoms with Gasteiger partial charge in [-0.05, 0) is 52.4 Å². The van der Waals surface area contributed by atoms with Gasteiger partial charge in [-0.1, -0.05) is 25.5 Å². The van der Waals surface area contributed by atoms with Crippen molar-refractivity contribution in [2.24, 2.45) is 0 Å². The maximum absolute atomic E-state index is 10.9. The van der Waals surface area contributed by atoms with Crippen molar-refractivity contribution in [3.63, 3.8) is 0 Å². The minimum Gasteiger partial charge on any atom is -0.485 e. The normalized spacial score (nSPS) is 24.4. The van der Waals surface area contributed by atoms with Crippen molar-refractivity contribution in [2.75, 3.05) is 13.1 Å². The number of aliphatic hydroxyl groups is 1. The summed E-state index contributed by atoms with van der Waals surface area (Å²) in [6, 6.07) is 4.14. The molecule has 1 aromatic carbocycles. The second kappa shape index (κ2) is 5.38. The van der Waals surface area contributed by atoms with E-state index in [9.17, 15) is 5.11 Å². The van der Waals surface area contributed by atoms with Crippen LogP contribution in [0.1, 0.15) is 50.5 Å². The zero-order chi connectivity index (χ0) is 15.1. The fourth-order valence-corrected chi connectivity index (χ4v) is 3.48. The van der Waals surface area contributed by atoms with Crippen molar-refractivity contribution >= 4 is 0 Å². The number of aryl methyl sites for hydroxylation is 2. The lowest BCUT2D eigenvalue weighted by molar-refractivity contribution is -0.0803. The summed E-state index contributed by atoms with van der Waals surface area (Å²) in [5, 5.41) is 10.9. The van der Waals surface area contributed by atoms with Crippen molar-refractivity contribution in [3.8, 4) is 5.75 Å². The molecule has 0 spiro atoms. The molecule has 1 aromatic rings. The molecule has 2 atom stereocenters. The summed E-state index contributed by atoms with van der Waals surface area (Å²) in [4.78, 5) is 2.28. The molecule has 0 aliphatic carbocycles.